The third kappa shape index (κ3) is 2.48. The van der Waals surface area contributed by atoms with Crippen molar-refractivity contribution in [1.82, 2.24) is 15.2 Å². The van der Waals surface area contributed by atoms with Gasteiger partial charge in [-0.05, 0) is 13.0 Å². The van der Waals surface area contributed by atoms with E-state index in [1.807, 2.05) is 13.0 Å². The van der Waals surface area contributed by atoms with Crippen LogP contribution in [0.2, 0.25) is 0 Å². The summed E-state index contributed by atoms with van der Waals surface area (Å²) in [5.74, 6) is 0.685. The van der Waals surface area contributed by atoms with Crippen molar-refractivity contribution in [2.45, 2.75) is 13.0 Å². The summed E-state index contributed by atoms with van der Waals surface area (Å²) >= 11 is 1.58. The fourth-order valence-corrected chi connectivity index (χ4v) is 2.53. The number of aromatic nitrogens is 3. The van der Waals surface area contributed by atoms with Gasteiger partial charge < -0.3 is 9.64 Å². The smallest absolute Gasteiger partial charge is 0.208 e. The molecule has 0 bridgehead atoms. The summed E-state index contributed by atoms with van der Waals surface area (Å²) in [6, 6.07) is 5.41. The van der Waals surface area contributed by atoms with Crippen molar-refractivity contribution in [2.75, 3.05) is 18.0 Å². The highest BCUT2D eigenvalue weighted by Crippen LogP contribution is 2.26. The van der Waals surface area contributed by atoms with Crippen LogP contribution in [0.25, 0.3) is 0 Å². The number of rotatable bonds is 3. The molecule has 3 heterocycles. The molecular weight excluding hydrogens is 262 g/mol. The van der Waals surface area contributed by atoms with Crippen LogP contribution >= 0.6 is 11.3 Å². The fraction of sp³-hybridized carbons (Fsp3) is 0.333. The number of hydrogen-bond acceptors (Lipinski definition) is 7. The molecule has 0 aliphatic carbocycles. The van der Waals surface area contributed by atoms with Crippen molar-refractivity contribution in [1.29, 1.82) is 5.26 Å². The third-order valence-electron chi connectivity index (χ3n) is 2.78. The quantitative estimate of drug-likeness (QED) is 0.841. The molecule has 0 atom stereocenters. The van der Waals surface area contributed by atoms with E-state index in [4.69, 9.17) is 10.00 Å². The van der Waals surface area contributed by atoms with Gasteiger partial charge in [0.05, 0.1) is 13.1 Å². The van der Waals surface area contributed by atoms with E-state index in [1.54, 1.807) is 29.7 Å². The molecule has 0 radical (unpaired) electrons. The number of anilines is 1. The summed E-state index contributed by atoms with van der Waals surface area (Å²) in [4.78, 5) is 6.03. The van der Waals surface area contributed by atoms with Gasteiger partial charge in [0.1, 0.15) is 28.6 Å². The van der Waals surface area contributed by atoms with Crippen molar-refractivity contribution in [3.63, 3.8) is 0 Å². The first-order valence-electron chi connectivity index (χ1n) is 5.82. The molecule has 2 aromatic heterocycles. The van der Waals surface area contributed by atoms with Gasteiger partial charge >= 0.3 is 0 Å². The van der Waals surface area contributed by atoms with Gasteiger partial charge in [-0.1, -0.05) is 11.3 Å². The highest BCUT2D eigenvalue weighted by molar-refractivity contribution is 7.15. The predicted molar refractivity (Wildman–Crippen MR) is 70.2 cm³/mol. The number of nitrogens with zero attached hydrogens (tertiary/aromatic N) is 5. The Morgan fingerprint density at radius 3 is 3.00 bits per heavy atom. The lowest BCUT2D eigenvalue weighted by molar-refractivity contribution is 0.167. The SMILES string of the molecule is Cc1nnc(N2CC(Oc3ccnc(C#N)c3)C2)s1. The Morgan fingerprint density at radius 1 is 1.47 bits per heavy atom. The van der Waals surface area contributed by atoms with E-state index in [0.717, 1.165) is 23.2 Å². The maximum atomic E-state index is 8.77. The van der Waals surface area contributed by atoms with Crippen molar-refractivity contribution in [3.05, 3.63) is 29.0 Å². The Balaban J connectivity index is 1.58. The summed E-state index contributed by atoms with van der Waals surface area (Å²) in [6.07, 6.45) is 1.71. The van der Waals surface area contributed by atoms with Gasteiger partial charge in [-0.3, -0.25) is 0 Å². The average Bonchev–Trinajstić information content (AvgIpc) is 2.80. The average molecular weight is 273 g/mol. The molecular formula is C12H11N5OS. The van der Waals surface area contributed by atoms with E-state index >= 15 is 0 Å². The standard InChI is InChI=1S/C12H11N5OS/c1-8-15-16-12(19-8)17-6-11(7-17)18-10-2-3-14-9(4-10)5-13/h2-4,11H,6-7H2,1H3. The molecule has 7 heteroatoms. The van der Waals surface area contributed by atoms with E-state index in [2.05, 4.69) is 20.1 Å². The Labute approximate surface area is 114 Å². The highest BCUT2D eigenvalue weighted by atomic mass is 32.1. The van der Waals surface area contributed by atoms with Crippen molar-refractivity contribution < 1.29 is 4.74 Å². The van der Waals surface area contributed by atoms with E-state index in [1.165, 1.54) is 0 Å². The second-order valence-electron chi connectivity index (χ2n) is 4.24. The number of nitriles is 1. The Kier molecular flexibility index (Phi) is 3.01. The Hall–Kier alpha value is -2.20. The molecule has 19 heavy (non-hydrogen) atoms. The van der Waals surface area contributed by atoms with E-state index in [0.29, 0.717) is 11.4 Å². The van der Waals surface area contributed by atoms with Gasteiger partial charge in [-0.2, -0.15) is 5.26 Å². The minimum absolute atomic E-state index is 0.123. The first-order valence-corrected chi connectivity index (χ1v) is 6.64. The number of aryl methyl sites for hydroxylation is 1. The molecule has 1 aliphatic heterocycles. The summed E-state index contributed by atoms with van der Waals surface area (Å²) in [5.41, 5.74) is 0.369. The molecule has 2 aromatic rings. The predicted octanol–water partition coefficient (Wildman–Crippen LogP) is 1.38. The molecule has 1 saturated heterocycles. The van der Waals surface area contributed by atoms with Gasteiger partial charge in [-0.15, -0.1) is 10.2 Å². The first-order chi connectivity index (χ1) is 9.24. The van der Waals surface area contributed by atoms with Crippen LogP contribution in [0, 0.1) is 18.3 Å². The van der Waals surface area contributed by atoms with Crippen LogP contribution in [0.3, 0.4) is 0 Å². The minimum Gasteiger partial charge on any atom is -0.487 e. The van der Waals surface area contributed by atoms with Crippen LogP contribution < -0.4 is 9.64 Å². The molecule has 0 unspecified atom stereocenters. The zero-order chi connectivity index (χ0) is 13.2. The Morgan fingerprint density at radius 2 is 2.32 bits per heavy atom. The van der Waals surface area contributed by atoms with E-state index in [9.17, 15) is 0 Å². The highest BCUT2D eigenvalue weighted by Gasteiger charge is 2.30. The maximum Gasteiger partial charge on any atom is 0.208 e. The Bertz CT molecular complexity index is 629. The van der Waals surface area contributed by atoms with Crippen LogP contribution in [-0.2, 0) is 0 Å². The molecule has 3 rings (SSSR count). The zero-order valence-corrected chi connectivity index (χ0v) is 11.1. The fourth-order valence-electron chi connectivity index (χ4n) is 1.82. The number of pyridine rings is 1. The van der Waals surface area contributed by atoms with Gasteiger partial charge in [0.25, 0.3) is 0 Å². The normalized spacial score (nSPS) is 14.8. The molecule has 1 aliphatic rings. The lowest BCUT2D eigenvalue weighted by atomic mass is 10.2. The minimum atomic E-state index is 0.123. The van der Waals surface area contributed by atoms with Crippen molar-refractivity contribution in [2.24, 2.45) is 0 Å². The summed E-state index contributed by atoms with van der Waals surface area (Å²) in [6.45, 7) is 3.52. The summed E-state index contributed by atoms with van der Waals surface area (Å²) in [5, 5.41) is 18.8. The van der Waals surface area contributed by atoms with Crippen LogP contribution in [0.15, 0.2) is 18.3 Å². The van der Waals surface area contributed by atoms with Gasteiger partial charge in [0.2, 0.25) is 5.13 Å². The van der Waals surface area contributed by atoms with Crippen LogP contribution in [0.1, 0.15) is 10.7 Å². The molecule has 6 nitrogen and oxygen atoms in total. The monoisotopic (exact) mass is 273 g/mol. The molecule has 0 N–H and O–H groups in total. The molecule has 0 spiro atoms. The van der Waals surface area contributed by atoms with Crippen LogP contribution in [-0.4, -0.2) is 34.4 Å². The van der Waals surface area contributed by atoms with Gasteiger partial charge in [0, 0.05) is 12.3 Å². The lowest BCUT2D eigenvalue weighted by Crippen LogP contribution is -2.54. The molecule has 0 amide bonds. The second-order valence-corrected chi connectivity index (χ2v) is 5.40. The largest absolute Gasteiger partial charge is 0.487 e. The third-order valence-corrected chi connectivity index (χ3v) is 3.68. The van der Waals surface area contributed by atoms with Gasteiger partial charge in [0.15, 0.2) is 0 Å². The topological polar surface area (TPSA) is 74.9 Å². The van der Waals surface area contributed by atoms with Crippen LogP contribution in [0.4, 0.5) is 5.13 Å². The first kappa shape index (κ1) is 11.9. The summed E-state index contributed by atoms with van der Waals surface area (Å²) in [7, 11) is 0. The number of ether oxygens (including phenoxy) is 1. The van der Waals surface area contributed by atoms with Gasteiger partial charge in [-0.25, -0.2) is 4.98 Å². The second kappa shape index (κ2) is 4.82. The molecule has 96 valence electrons. The molecule has 0 saturated carbocycles. The number of hydrogen-bond donors (Lipinski definition) is 0. The zero-order valence-electron chi connectivity index (χ0n) is 10.3. The summed E-state index contributed by atoms with van der Waals surface area (Å²) < 4.78 is 5.77. The maximum absolute atomic E-state index is 8.77. The van der Waals surface area contributed by atoms with Crippen molar-refractivity contribution >= 4 is 16.5 Å². The van der Waals surface area contributed by atoms with E-state index < -0.39 is 0 Å². The molecule has 0 aromatic carbocycles. The lowest BCUT2D eigenvalue weighted by Gasteiger charge is -2.38. The molecule has 1 fully saturated rings. The van der Waals surface area contributed by atoms with E-state index in [-0.39, 0.29) is 6.10 Å². The van der Waals surface area contributed by atoms with Crippen molar-refractivity contribution in [3.8, 4) is 11.8 Å². The van der Waals surface area contributed by atoms with Crippen LogP contribution in [0.5, 0.6) is 5.75 Å².